The first-order valence-electron chi connectivity index (χ1n) is 7.92. The molecule has 0 fully saturated rings. The third-order valence-electron chi connectivity index (χ3n) is 3.92. The molecule has 0 spiro atoms. The van der Waals surface area contributed by atoms with Crippen LogP contribution in [0, 0.1) is 0 Å². The summed E-state index contributed by atoms with van der Waals surface area (Å²) in [5.74, 6) is -1.05. The molecule has 1 aromatic heterocycles. The number of nitrogens with zero attached hydrogens (tertiary/aromatic N) is 1. The maximum Gasteiger partial charge on any atom is 0.281 e. The molecule has 6 nitrogen and oxygen atoms in total. The molecule has 0 radical (unpaired) electrons. The van der Waals surface area contributed by atoms with Crippen molar-refractivity contribution in [2.75, 3.05) is 6.61 Å². The lowest BCUT2D eigenvalue weighted by molar-refractivity contribution is -0.307. The van der Waals surface area contributed by atoms with Gasteiger partial charge in [-0.15, -0.1) is 11.3 Å². The van der Waals surface area contributed by atoms with E-state index in [0.29, 0.717) is 16.3 Å². The first-order valence-corrected chi connectivity index (χ1v) is 8.74. The number of carboxylic acid groups (broad SMARTS) is 1. The number of carboxylic acids is 1. The minimum absolute atomic E-state index is 0.201. The van der Waals surface area contributed by atoms with E-state index in [0.717, 1.165) is 18.4 Å². The number of hydrazone groups is 1. The van der Waals surface area contributed by atoms with Gasteiger partial charge in [-0.05, 0) is 67.6 Å². The number of aliphatic carboxylic acids is 1. The normalized spacial score (nSPS) is 13.4. The summed E-state index contributed by atoms with van der Waals surface area (Å²) in [6.45, 7) is 1.29. The molecule has 1 aliphatic rings. The average molecular weight is 357 g/mol. The van der Waals surface area contributed by atoms with E-state index >= 15 is 0 Å². The summed E-state index contributed by atoms with van der Waals surface area (Å²) < 4.78 is 5.02. The minimum Gasteiger partial charge on any atom is -0.546 e. The van der Waals surface area contributed by atoms with Crippen LogP contribution >= 0.6 is 11.3 Å². The number of rotatable bonds is 6. The van der Waals surface area contributed by atoms with Crippen LogP contribution in [0.25, 0.3) is 0 Å². The van der Waals surface area contributed by atoms with E-state index in [9.17, 15) is 14.7 Å². The molecule has 0 bridgehead atoms. The lowest BCUT2D eigenvalue weighted by Gasteiger charge is -2.07. The summed E-state index contributed by atoms with van der Waals surface area (Å²) in [5, 5.41) is 14.5. The molecule has 25 heavy (non-hydrogen) atoms. The van der Waals surface area contributed by atoms with Gasteiger partial charge in [-0.1, -0.05) is 0 Å². The van der Waals surface area contributed by atoms with Crippen LogP contribution in [0.2, 0.25) is 0 Å². The van der Waals surface area contributed by atoms with Crippen molar-refractivity contribution in [3.8, 4) is 5.75 Å². The lowest BCUT2D eigenvalue weighted by atomic mass is 10.1. The Morgan fingerprint density at radius 1 is 1.28 bits per heavy atom. The van der Waals surface area contributed by atoms with Crippen LogP contribution in [0.4, 0.5) is 0 Å². The van der Waals surface area contributed by atoms with Crippen molar-refractivity contribution in [1.82, 2.24) is 5.43 Å². The van der Waals surface area contributed by atoms with Crippen molar-refractivity contribution in [2.24, 2.45) is 5.10 Å². The predicted octanol–water partition coefficient (Wildman–Crippen LogP) is 1.52. The summed E-state index contributed by atoms with van der Waals surface area (Å²) in [6, 6.07) is 8.73. The number of thiophene rings is 1. The number of ether oxygens (including phenoxy) is 1. The Labute approximate surface area is 149 Å². The molecule has 1 heterocycles. The first-order chi connectivity index (χ1) is 12.0. The molecule has 0 unspecified atom stereocenters. The van der Waals surface area contributed by atoms with Gasteiger partial charge in [0, 0.05) is 4.88 Å². The van der Waals surface area contributed by atoms with E-state index in [4.69, 9.17) is 4.74 Å². The maximum absolute atomic E-state index is 12.2. The third-order valence-corrected chi connectivity index (χ3v) is 5.16. The lowest BCUT2D eigenvalue weighted by Crippen LogP contribution is -2.28. The van der Waals surface area contributed by atoms with Crippen molar-refractivity contribution < 1.29 is 19.4 Å². The molecule has 1 aromatic carbocycles. The van der Waals surface area contributed by atoms with Gasteiger partial charge in [-0.2, -0.15) is 5.10 Å². The average Bonchev–Trinajstić information content (AvgIpc) is 3.20. The highest BCUT2D eigenvalue weighted by molar-refractivity contribution is 7.14. The summed E-state index contributed by atoms with van der Waals surface area (Å²) in [4.78, 5) is 24.6. The van der Waals surface area contributed by atoms with Crippen LogP contribution in [0.3, 0.4) is 0 Å². The molecule has 1 aliphatic carbocycles. The van der Waals surface area contributed by atoms with Gasteiger partial charge in [0.1, 0.15) is 12.4 Å². The number of amides is 1. The Hall–Kier alpha value is -2.67. The molecule has 0 atom stereocenters. The number of carbonyl (C=O) groups excluding carboxylic acids is 2. The number of aryl methyl sites for hydroxylation is 2. The third kappa shape index (κ3) is 4.24. The van der Waals surface area contributed by atoms with E-state index < -0.39 is 12.6 Å². The van der Waals surface area contributed by atoms with Crippen LogP contribution in [0.15, 0.2) is 35.4 Å². The van der Waals surface area contributed by atoms with Gasteiger partial charge >= 0.3 is 0 Å². The van der Waals surface area contributed by atoms with Crippen LogP contribution in [0.1, 0.15) is 39.0 Å². The number of nitrogens with one attached hydrogen (secondary N) is 1. The van der Waals surface area contributed by atoms with Gasteiger partial charge in [0.15, 0.2) is 0 Å². The van der Waals surface area contributed by atoms with Gasteiger partial charge < -0.3 is 14.6 Å². The molecular formula is C18H17N2O4S-. The van der Waals surface area contributed by atoms with Gasteiger partial charge in [0.2, 0.25) is 0 Å². The van der Waals surface area contributed by atoms with Crippen LogP contribution in [-0.4, -0.2) is 24.2 Å². The molecule has 130 valence electrons. The van der Waals surface area contributed by atoms with Gasteiger partial charge in [-0.3, -0.25) is 4.79 Å². The fourth-order valence-corrected chi connectivity index (χ4v) is 3.77. The van der Waals surface area contributed by atoms with Crippen molar-refractivity contribution in [1.29, 1.82) is 0 Å². The molecule has 3 rings (SSSR count). The zero-order chi connectivity index (χ0) is 17.8. The van der Waals surface area contributed by atoms with Crippen molar-refractivity contribution in [3.63, 3.8) is 0 Å². The quantitative estimate of drug-likeness (QED) is 0.627. The Morgan fingerprint density at radius 3 is 2.72 bits per heavy atom. The van der Waals surface area contributed by atoms with Gasteiger partial charge in [0.25, 0.3) is 5.91 Å². The molecule has 0 saturated heterocycles. The summed E-state index contributed by atoms with van der Waals surface area (Å²) in [7, 11) is 0. The van der Waals surface area contributed by atoms with Gasteiger partial charge in [0.05, 0.1) is 16.6 Å². The van der Waals surface area contributed by atoms with Crippen LogP contribution < -0.4 is 15.3 Å². The second-order valence-corrected chi connectivity index (χ2v) is 6.87. The minimum atomic E-state index is -1.27. The highest BCUT2D eigenvalue weighted by Crippen LogP contribution is 2.30. The molecule has 1 N–H and O–H groups in total. The van der Waals surface area contributed by atoms with Crippen LogP contribution in [-0.2, 0) is 17.6 Å². The molecule has 7 heteroatoms. The first kappa shape index (κ1) is 17.2. The van der Waals surface area contributed by atoms with E-state index in [1.54, 1.807) is 31.2 Å². The standard InChI is InChI=1S/C18H18N2O4S/c1-11(12-5-7-14(8-6-12)24-10-17(21)22)19-20-18(23)16-9-13-3-2-4-15(13)25-16/h5-9H,2-4,10H2,1H3,(H,20,23)(H,21,22)/p-1/b19-11-. The predicted molar refractivity (Wildman–Crippen MR) is 93.0 cm³/mol. The van der Waals surface area contributed by atoms with Crippen molar-refractivity contribution >= 4 is 28.9 Å². The molecule has 2 aromatic rings. The highest BCUT2D eigenvalue weighted by Gasteiger charge is 2.18. The Morgan fingerprint density at radius 2 is 2.04 bits per heavy atom. The summed E-state index contributed by atoms with van der Waals surface area (Å²) in [5.41, 5.74) is 5.31. The second-order valence-electron chi connectivity index (χ2n) is 5.74. The number of fused-ring (bicyclic) bond motifs is 1. The molecule has 1 amide bonds. The smallest absolute Gasteiger partial charge is 0.281 e. The fourth-order valence-electron chi connectivity index (χ4n) is 2.63. The second kappa shape index (κ2) is 7.48. The van der Waals surface area contributed by atoms with Crippen LogP contribution in [0.5, 0.6) is 5.75 Å². The Kier molecular flexibility index (Phi) is 5.14. The maximum atomic E-state index is 12.2. The number of carbonyl (C=O) groups is 2. The van der Waals surface area contributed by atoms with Crippen molar-refractivity contribution in [2.45, 2.75) is 26.2 Å². The van der Waals surface area contributed by atoms with E-state index in [1.165, 1.54) is 28.2 Å². The topological polar surface area (TPSA) is 90.8 Å². The van der Waals surface area contributed by atoms with Crippen molar-refractivity contribution in [3.05, 3.63) is 51.2 Å². The number of hydrogen-bond donors (Lipinski definition) is 1. The Balaban J connectivity index is 1.60. The molecule has 0 aliphatic heterocycles. The largest absolute Gasteiger partial charge is 0.546 e. The highest BCUT2D eigenvalue weighted by atomic mass is 32.1. The summed E-state index contributed by atoms with van der Waals surface area (Å²) in [6.07, 6.45) is 3.28. The van der Waals surface area contributed by atoms with E-state index in [1.807, 2.05) is 6.07 Å². The van der Waals surface area contributed by atoms with E-state index in [-0.39, 0.29) is 5.91 Å². The Bertz CT molecular complexity index is 803. The molecule has 0 saturated carbocycles. The molecular weight excluding hydrogens is 340 g/mol. The number of benzene rings is 1. The SMILES string of the molecule is C/C(=N/NC(=O)c1cc2c(s1)CCC2)c1ccc(OCC(=O)[O-])cc1. The number of hydrogen-bond acceptors (Lipinski definition) is 6. The zero-order valence-electron chi connectivity index (χ0n) is 13.7. The summed E-state index contributed by atoms with van der Waals surface area (Å²) >= 11 is 1.54. The fraction of sp³-hybridized carbons (Fsp3) is 0.278. The van der Waals surface area contributed by atoms with E-state index in [2.05, 4.69) is 10.5 Å². The monoisotopic (exact) mass is 357 g/mol. The van der Waals surface area contributed by atoms with Gasteiger partial charge in [-0.25, -0.2) is 5.43 Å². The zero-order valence-corrected chi connectivity index (χ0v) is 14.5.